The van der Waals surface area contributed by atoms with Gasteiger partial charge in [-0.15, -0.1) is 0 Å². The summed E-state index contributed by atoms with van der Waals surface area (Å²) in [7, 11) is 1.65. The van der Waals surface area contributed by atoms with Gasteiger partial charge in [0.05, 0.1) is 19.1 Å². The van der Waals surface area contributed by atoms with E-state index in [4.69, 9.17) is 10.00 Å². The SMILES string of the molecule is [CH2]CC(C#N)c1ccc(CC(C)C)cc1OC. The lowest BCUT2D eigenvalue weighted by molar-refractivity contribution is 0.407. The maximum Gasteiger partial charge on any atom is 0.123 e. The summed E-state index contributed by atoms with van der Waals surface area (Å²) >= 11 is 0. The highest BCUT2D eigenvalue weighted by atomic mass is 16.5. The molecule has 2 heteroatoms. The van der Waals surface area contributed by atoms with Gasteiger partial charge in [-0.25, -0.2) is 0 Å². The van der Waals surface area contributed by atoms with Crippen LogP contribution in [0.2, 0.25) is 0 Å². The molecule has 0 spiro atoms. The van der Waals surface area contributed by atoms with Gasteiger partial charge in [0.2, 0.25) is 0 Å². The lowest BCUT2D eigenvalue weighted by Crippen LogP contribution is -2.01. The second-order valence-corrected chi connectivity index (χ2v) is 4.64. The average molecular weight is 230 g/mol. The van der Waals surface area contributed by atoms with Gasteiger partial charge < -0.3 is 4.74 Å². The molecule has 0 bridgehead atoms. The Hall–Kier alpha value is -1.49. The topological polar surface area (TPSA) is 33.0 Å². The van der Waals surface area contributed by atoms with Crippen LogP contribution in [0.5, 0.6) is 5.75 Å². The van der Waals surface area contributed by atoms with Crippen LogP contribution >= 0.6 is 0 Å². The lowest BCUT2D eigenvalue weighted by Gasteiger charge is -2.14. The highest BCUT2D eigenvalue weighted by Gasteiger charge is 2.14. The van der Waals surface area contributed by atoms with Gasteiger partial charge in [0.15, 0.2) is 0 Å². The normalized spacial score (nSPS) is 12.2. The van der Waals surface area contributed by atoms with Gasteiger partial charge in [0.1, 0.15) is 5.75 Å². The Morgan fingerprint density at radius 1 is 1.41 bits per heavy atom. The number of hydrogen-bond donors (Lipinski definition) is 0. The molecule has 0 amide bonds. The number of nitrogens with zero attached hydrogens (tertiary/aromatic N) is 1. The molecule has 1 unspecified atom stereocenters. The van der Waals surface area contributed by atoms with E-state index in [1.807, 2.05) is 12.1 Å². The smallest absolute Gasteiger partial charge is 0.123 e. The van der Waals surface area contributed by atoms with Crippen LogP contribution in [0.1, 0.15) is 37.3 Å². The van der Waals surface area contributed by atoms with Crippen molar-refractivity contribution in [3.63, 3.8) is 0 Å². The molecule has 1 radical (unpaired) electrons. The molecule has 0 saturated carbocycles. The summed E-state index contributed by atoms with van der Waals surface area (Å²) in [6.45, 7) is 8.18. The second kappa shape index (κ2) is 6.30. The van der Waals surface area contributed by atoms with Gasteiger partial charge in [-0.05, 0) is 30.4 Å². The first kappa shape index (κ1) is 13.6. The molecule has 1 aromatic carbocycles. The summed E-state index contributed by atoms with van der Waals surface area (Å²) in [6, 6.07) is 8.37. The summed E-state index contributed by atoms with van der Waals surface area (Å²) in [5.74, 6) is 1.24. The fraction of sp³-hybridized carbons (Fsp3) is 0.467. The van der Waals surface area contributed by atoms with Gasteiger partial charge in [0.25, 0.3) is 0 Å². The van der Waals surface area contributed by atoms with Crippen LogP contribution in [0.4, 0.5) is 0 Å². The fourth-order valence-electron chi connectivity index (χ4n) is 1.93. The highest BCUT2D eigenvalue weighted by Crippen LogP contribution is 2.30. The molecule has 0 aromatic heterocycles. The van der Waals surface area contributed by atoms with Crippen molar-refractivity contribution in [2.75, 3.05) is 7.11 Å². The quantitative estimate of drug-likeness (QED) is 0.772. The Balaban J connectivity index is 3.05. The Bertz CT molecular complexity index is 404. The molecule has 17 heavy (non-hydrogen) atoms. The first-order valence-electron chi connectivity index (χ1n) is 5.98. The highest BCUT2D eigenvalue weighted by molar-refractivity contribution is 5.42. The maximum atomic E-state index is 9.07. The minimum absolute atomic E-state index is 0.182. The molecule has 1 atom stereocenters. The minimum atomic E-state index is -0.182. The molecule has 0 aliphatic heterocycles. The van der Waals surface area contributed by atoms with Crippen LogP contribution < -0.4 is 4.74 Å². The van der Waals surface area contributed by atoms with Crippen LogP contribution in [-0.2, 0) is 6.42 Å². The van der Waals surface area contributed by atoms with E-state index in [1.165, 1.54) is 5.56 Å². The summed E-state index contributed by atoms with van der Waals surface area (Å²) in [6.07, 6.45) is 1.59. The third kappa shape index (κ3) is 3.49. The van der Waals surface area contributed by atoms with E-state index < -0.39 is 0 Å². The molecule has 0 heterocycles. The molecule has 0 saturated heterocycles. The largest absolute Gasteiger partial charge is 0.496 e. The Kier molecular flexibility index (Phi) is 5.03. The van der Waals surface area contributed by atoms with Gasteiger partial charge in [0, 0.05) is 5.56 Å². The van der Waals surface area contributed by atoms with Crippen LogP contribution in [0, 0.1) is 24.2 Å². The molecule has 1 aromatic rings. The van der Waals surface area contributed by atoms with Gasteiger partial charge in [-0.2, -0.15) is 5.26 Å². The fourth-order valence-corrected chi connectivity index (χ4v) is 1.93. The van der Waals surface area contributed by atoms with E-state index in [0.29, 0.717) is 12.3 Å². The van der Waals surface area contributed by atoms with Crippen molar-refractivity contribution < 1.29 is 4.74 Å². The molecule has 1 rings (SSSR count). The number of rotatable bonds is 5. The number of nitriles is 1. The zero-order valence-corrected chi connectivity index (χ0v) is 10.9. The zero-order chi connectivity index (χ0) is 12.8. The van der Waals surface area contributed by atoms with Gasteiger partial charge in [-0.1, -0.05) is 32.9 Å². The molecule has 91 valence electrons. The predicted octanol–water partition coefficient (Wildman–Crippen LogP) is 3.73. The van der Waals surface area contributed by atoms with Crippen molar-refractivity contribution in [2.45, 2.75) is 32.6 Å². The van der Waals surface area contributed by atoms with Crippen molar-refractivity contribution >= 4 is 0 Å². The Labute approximate surface area is 104 Å². The van der Waals surface area contributed by atoms with E-state index in [9.17, 15) is 0 Å². The molecule has 0 fully saturated rings. The van der Waals surface area contributed by atoms with Crippen molar-refractivity contribution in [1.29, 1.82) is 5.26 Å². The summed E-state index contributed by atoms with van der Waals surface area (Å²) in [5.41, 5.74) is 2.19. The van der Waals surface area contributed by atoms with E-state index in [2.05, 4.69) is 32.9 Å². The summed E-state index contributed by atoms with van der Waals surface area (Å²) < 4.78 is 5.37. The monoisotopic (exact) mass is 230 g/mol. The van der Waals surface area contributed by atoms with Crippen molar-refractivity contribution in [3.05, 3.63) is 36.2 Å². The number of hydrogen-bond acceptors (Lipinski definition) is 2. The van der Waals surface area contributed by atoms with E-state index in [0.717, 1.165) is 17.7 Å². The van der Waals surface area contributed by atoms with E-state index in [1.54, 1.807) is 7.11 Å². The Morgan fingerprint density at radius 3 is 2.59 bits per heavy atom. The number of ether oxygens (including phenoxy) is 1. The molecular formula is C15H20NO. The molecule has 0 aliphatic carbocycles. The molecule has 0 N–H and O–H groups in total. The summed E-state index contributed by atoms with van der Waals surface area (Å²) in [4.78, 5) is 0. The molecular weight excluding hydrogens is 210 g/mol. The van der Waals surface area contributed by atoms with Crippen LogP contribution in [0.25, 0.3) is 0 Å². The second-order valence-electron chi connectivity index (χ2n) is 4.64. The number of methoxy groups -OCH3 is 1. The van der Waals surface area contributed by atoms with Gasteiger partial charge in [-0.3, -0.25) is 0 Å². The number of benzene rings is 1. The average Bonchev–Trinajstić information content (AvgIpc) is 2.31. The third-order valence-electron chi connectivity index (χ3n) is 2.76. The first-order valence-corrected chi connectivity index (χ1v) is 5.98. The van der Waals surface area contributed by atoms with Crippen LogP contribution in [0.3, 0.4) is 0 Å². The predicted molar refractivity (Wildman–Crippen MR) is 69.9 cm³/mol. The van der Waals surface area contributed by atoms with E-state index >= 15 is 0 Å². The van der Waals surface area contributed by atoms with Crippen LogP contribution in [0.15, 0.2) is 18.2 Å². The van der Waals surface area contributed by atoms with Crippen molar-refractivity contribution in [3.8, 4) is 11.8 Å². The van der Waals surface area contributed by atoms with Crippen molar-refractivity contribution in [1.82, 2.24) is 0 Å². The first-order chi connectivity index (χ1) is 8.12. The standard InChI is InChI=1S/C15H20NO/c1-5-13(10-16)14-7-6-12(8-11(2)3)9-15(14)17-4/h6-7,9,11,13H,1,5,8H2,2-4H3. The maximum absolute atomic E-state index is 9.07. The van der Waals surface area contributed by atoms with Crippen LogP contribution in [-0.4, -0.2) is 7.11 Å². The Morgan fingerprint density at radius 2 is 2.12 bits per heavy atom. The zero-order valence-electron chi connectivity index (χ0n) is 10.9. The third-order valence-corrected chi connectivity index (χ3v) is 2.76. The van der Waals surface area contributed by atoms with E-state index in [-0.39, 0.29) is 5.92 Å². The minimum Gasteiger partial charge on any atom is -0.496 e. The molecule has 0 aliphatic rings. The lowest BCUT2D eigenvalue weighted by atomic mass is 9.94. The van der Waals surface area contributed by atoms with Crippen molar-refractivity contribution in [2.24, 2.45) is 5.92 Å². The van der Waals surface area contributed by atoms with Gasteiger partial charge >= 0.3 is 0 Å². The summed E-state index contributed by atoms with van der Waals surface area (Å²) in [5, 5.41) is 9.07. The molecule has 2 nitrogen and oxygen atoms in total.